The summed E-state index contributed by atoms with van der Waals surface area (Å²) in [6.45, 7) is 5.39. The van der Waals surface area contributed by atoms with Crippen LogP contribution in [0.5, 0.6) is 0 Å². The monoisotopic (exact) mass is 317 g/mol. The molecule has 1 fully saturated rings. The van der Waals surface area contributed by atoms with Gasteiger partial charge < -0.3 is 5.32 Å². The minimum absolute atomic E-state index is 0.288. The van der Waals surface area contributed by atoms with Crippen LogP contribution in [-0.4, -0.2) is 36.1 Å². The molecular weight excluding hydrogens is 296 g/mol. The van der Waals surface area contributed by atoms with E-state index in [0.717, 1.165) is 49.9 Å². The largest absolute Gasteiger partial charge is 0.314 e. The first-order valence-electron chi connectivity index (χ1n) is 8.03. The van der Waals surface area contributed by atoms with Gasteiger partial charge in [0, 0.05) is 44.0 Å². The Hall–Kier alpha value is -1.85. The van der Waals surface area contributed by atoms with Crippen LogP contribution in [0.1, 0.15) is 29.8 Å². The van der Waals surface area contributed by atoms with E-state index in [1.807, 2.05) is 18.3 Å². The molecule has 122 valence electrons. The van der Waals surface area contributed by atoms with E-state index in [1.54, 1.807) is 0 Å². The average Bonchev–Trinajstić information content (AvgIpc) is 2.59. The first-order valence-corrected chi connectivity index (χ1v) is 8.03. The van der Waals surface area contributed by atoms with Crippen molar-refractivity contribution in [1.82, 2.24) is 15.2 Å². The lowest BCUT2D eigenvalue weighted by molar-refractivity contribution is 0.192. The number of benzene rings is 1. The van der Waals surface area contributed by atoms with Crippen LogP contribution in [0.3, 0.4) is 0 Å². The maximum atomic E-state index is 14.4. The average molecular weight is 317 g/mol. The fraction of sp³-hybridized carbons (Fsp3) is 0.389. The van der Waals surface area contributed by atoms with Crippen molar-refractivity contribution < 1.29 is 8.78 Å². The van der Waals surface area contributed by atoms with E-state index < -0.39 is 11.6 Å². The van der Waals surface area contributed by atoms with Crippen LogP contribution in [0.25, 0.3) is 0 Å². The van der Waals surface area contributed by atoms with E-state index in [2.05, 4.69) is 22.1 Å². The third-order valence-electron chi connectivity index (χ3n) is 4.31. The van der Waals surface area contributed by atoms with E-state index in [0.29, 0.717) is 5.56 Å². The Kier molecular flexibility index (Phi) is 4.98. The number of aromatic nitrogens is 1. The zero-order valence-corrected chi connectivity index (χ0v) is 13.2. The summed E-state index contributed by atoms with van der Waals surface area (Å²) in [7, 11) is 0. The molecule has 0 radical (unpaired) electrons. The molecule has 5 heteroatoms. The lowest BCUT2D eigenvalue weighted by atomic mass is 9.99. The van der Waals surface area contributed by atoms with Gasteiger partial charge in [0.05, 0.1) is 11.7 Å². The third kappa shape index (κ3) is 3.57. The van der Waals surface area contributed by atoms with Crippen LogP contribution in [0.2, 0.25) is 0 Å². The molecule has 0 amide bonds. The number of hydrogen-bond donors (Lipinski definition) is 1. The summed E-state index contributed by atoms with van der Waals surface area (Å²) in [5.74, 6) is -1.07. The molecule has 1 aromatic heterocycles. The van der Waals surface area contributed by atoms with Gasteiger partial charge in [-0.3, -0.25) is 9.88 Å². The molecule has 1 aromatic carbocycles. The second kappa shape index (κ2) is 7.15. The summed E-state index contributed by atoms with van der Waals surface area (Å²) in [4.78, 5) is 6.74. The normalized spacial score (nSPS) is 17.2. The maximum Gasteiger partial charge on any atom is 0.131 e. The highest BCUT2D eigenvalue weighted by atomic mass is 19.1. The van der Waals surface area contributed by atoms with Crippen molar-refractivity contribution >= 4 is 0 Å². The predicted molar refractivity (Wildman–Crippen MR) is 86.3 cm³/mol. The molecule has 0 aliphatic carbocycles. The third-order valence-corrected chi connectivity index (χ3v) is 4.31. The Labute approximate surface area is 135 Å². The molecule has 1 unspecified atom stereocenters. The molecular formula is C18H21F2N3. The summed E-state index contributed by atoms with van der Waals surface area (Å²) in [5.41, 5.74) is 2.42. The van der Waals surface area contributed by atoms with Crippen molar-refractivity contribution in [3.63, 3.8) is 0 Å². The van der Waals surface area contributed by atoms with Gasteiger partial charge in [-0.05, 0) is 24.1 Å². The van der Waals surface area contributed by atoms with Crippen molar-refractivity contribution in [3.8, 4) is 0 Å². The van der Waals surface area contributed by atoms with Crippen LogP contribution >= 0.6 is 0 Å². The highest BCUT2D eigenvalue weighted by Crippen LogP contribution is 2.30. The van der Waals surface area contributed by atoms with Gasteiger partial charge in [-0.25, -0.2) is 8.78 Å². The Bertz CT molecular complexity index is 652. The van der Waals surface area contributed by atoms with Gasteiger partial charge >= 0.3 is 0 Å². The van der Waals surface area contributed by atoms with E-state index in [9.17, 15) is 8.78 Å². The van der Waals surface area contributed by atoms with Crippen molar-refractivity contribution in [1.29, 1.82) is 0 Å². The highest BCUT2D eigenvalue weighted by Gasteiger charge is 2.27. The lowest BCUT2D eigenvalue weighted by Gasteiger charge is -2.35. The Morgan fingerprint density at radius 2 is 1.96 bits per heavy atom. The summed E-state index contributed by atoms with van der Waals surface area (Å²) in [6, 6.07) is 7.49. The predicted octanol–water partition coefficient (Wildman–Crippen LogP) is 2.92. The molecule has 1 N–H and O–H groups in total. The van der Waals surface area contributed by atoms with Gasteiger partial charge in [0.15, 0.2) is 0 Å². The lowest BCUT2D eigenvalue weighted by Crippen LogP contribution is -2.45. The number of rotatable bonds is 4. The minimum Gasteiger partial charge on any atom is -0.314 e. The van der Waals surface area contributed by atoms with Crippen molar-refractivity contribution in [2.24, 2.45) is 0 Å². The summed E-state index contributed by atoms with van der Waals surface area (Å²) < 4.78 is 27.7. The van der Waals surface area contributed by atoms with Crippen molar-refractivity contribution in [2.45, 2.75) is 19.4 Å². The van der Waals surface area contributed by atoms with Gasteiger partial charge in [-0.1, -0.05) is 19.1 Å². The van der Waals surface area contributed by atoms with Crippen LogP contribution < -0.4 is 5.32 Å². The number of pyridine rings is 1. The van der Waals surface area contributed by atoms with Gasteiger partial charge in [0.1, 0.15) is 11.6 Å². The number of nitrogens with zero attached hydrogens (tertiary/aromatic N) is 2. The smallest absolute Gasteiger partial charge is 0.131 e. The highest BCUT2D eigenvalue weighted by molar-refractivity contribution is 5.31. The molecule has 2 heterocycles. The second-order valence-electron chi connectivity index (χ2n) is 5.80. The number of aryl methyl sites for hydroxylation is 1. The molecule has 23 heavy (non-hydrogen) atoms. The van der Waals surface area contributed by atoms with Gasteiger partial charge in [0.25, 0.3) is 0 Å². The topological polar surface area (TPSA) is 28.2 Å². The first-order chi connectivity index (χ1) is 11.2. The molecule has 0 spiro atoms. The zero-order chi connectivity index (χ0) is 16.2. The maximum absolute atomic E-state index is 14.4. The molecule has 2 aromatic rings. The molecule has 0 bridgehead atoms. The second-order valence-corrected chi connectivity index (χ2v) is 5.80. The number of nitrogens with one attached hydrogen (secondary N) is 1. The molecule has 1 aliphatic heterocycles. The van der Waals surface area contributed by atoms with Crippen LogP contribution in [0.4, 0.5) is 8.78 Å². The van der Waals surface area contributed by atoms with E-state index in [4.69, 9.17) is 0 Å². The minimum atomic E-state index is -0.556. The molecule has 1 aliphatic rings. The molecule has 3 nitrogen and oxygen atoms in total. The fourth-order valence-electron chi connectivity index (χ4n) is 3.01. The van der Waals surface area contributed by atoms with Crippen LogP contribution in [-0.2, 0) is 6.42 Å². The fourth-order valence-corrected chi connectivity index (χ4v) is 3.01. The van der Waals surface area contributed by atoms with Gasteiger partial charge in [-0.2, -0.15) is 0 Å². The Balaban J connectivity index is 2.01. The van der Waals surface area contributed by atoms with Gasteiger partial charge in [-0.15, -0.1) is 0 Å². The number of hydrogen-bond acceptors (Lipinski definition) is 3. The molecule has 0 saturated carbocycles. The van der Waals surface area contributed by atoms with Crippen LogP contribution in [0.15, 0.2) is 36.5 Å². The SMILES string of the molecule is CCc1ccc(C(c2ccc(F)cc2F)N2CCNCC2)nc1. The van der Waals surface area contributed by atoms with E-state index >= 15 is 0 Å². The quantitative estimate of drug-likeness (QED) is 0.940. The van der Waals surface area contributed by atoms with E-state index in [1.165, 1.54) is 12.1 Å². The van der Waals surface area contributed by atoms with Gasteiger partial charge in [0.2, 0.25) is 0 Å². The molecule has 1 saturated heterocycles. The summed E-state index contributed by atoms with van der Waals surface area (Å²) in [6.07, 6.45) is 2.75. The standard InChI is InChI=1S/C18H21F2N3/c1-2-13-3-6-17(22-12-13)18(23-9-7-21-8-10-23)15-5-4-14(19)11-16(15)20/h3-6,11-12,18,21H,2,7-10H2,1H3. The molecule has 3 rings (SSSR count). The Morgan fingerprint density at radius 1 is 1.17 bits per heavy atom. The number of piperazine rings is 1. The Morgan fingerprint density at radius 3 is 2.57 bits per heavy atom. The summed E-state index contributed by atoms with van der Waals surface area (Å²) >= 11 is 0. The van der Waals surface area contributed by atoms with Crippen molar-refractivity contribution in [3.05, 3.63) is 65.0 Å². The molecule has 1 atom stereocenters. The zero-order valence-electron chi connectivity index (χ0n) is 13.2. The van der Waals surface area contributed by atoms with Crippen molar-refractivity contribution in [2.75, 3.05) is 26.2 Å². The number of halogens is 2. The van der Waals surface area contributed by atoms with Crippen LogP contribution in [0, 0.1) is 11.6 Å². The van der Waals surface area contributed by atoms with E-state index in [-0.39, 0.29) is 6.04 Å². The summed E-state index contributed by atoms with van der Waals surface area (Å²) in [5, 5.41) is 3.30. The first kappa shape index (κ1) is 16.0.